The summed E-state index contributed by atoms with van der Waals surface area (Å²) in [4.78, 5) is 31.1. The predicted molar refractivity (Wildman–Crippen MR) is 193 cm³/mol. The number of rotatable bonds is 5. The van der Waals surface area contributed by atoms with Gasteiger partial charge in [-0.3, -0.25) is 9.59 Å². The van der Waals surface area contributed by atoms with Crippen LogP contribution in [0.5, 0.6) is 0 Å². The third-order valence-electron chi connectivity index (χ3n) is 10.7. The van der Waals surface area contributed by atoms with Gasteiger partial charge in [-0.2, -0.15) is 0 Å². The summed E-state index contributed by atoms with van der Waals surface area (Å²) < 4.78 is 0. The van der Waals surface area contributed by atoms with E-state index in [9.17, 15) is 0 Å². The fourth-order valence-corrected chi connectivity index (χ4v) is 9.06. The molecule has 0 unspecified atom stereocenters. The van der Waals surface area contributed by atoms with Crippen molar-refractivity contribution in [3.8, 4) is 0 Å². The van der Waals surface area contributed by atoms with Crippen molar-refractivity contribution in [2.45, 2.75) is 11.3 Å². The highest BCUT2D eigenvalue weighted by Gasteiger charge is 2.66. The summed E-state index contributed by atoms with van der Waals surface area (Å²) in [5.74, 6) is -1.47. The van der Waals surface area contributed by atoms with Crippen LogP contribution in [0.15, 0.2) is 176 Å². The quantitative estimate of drug-likeness (QED) is 0.193. The summed E-state index contributed by atoms with van der Waals surface area (Å²) in [5.41, 5.74) is 9.52. The molecule has 0 spiro atoms. The summed E-state index contributed by atoms with van der Waals surface area (Å²) in [5, 5.41) is 0. The van der Waals surface area contributed by atoms with E-state index in [-0.39, 0.29) is 17.5 Å². The van der Waals surface area contributed by atoms with Crippen molar-refractivity contribution in [2.24, 2.45) is 11.8 Å². The van der Waals surface area contributed by atoms with Gasteiger partial charge >= 0.3 is 0 Å². The Morgan fingerprint density at radius 1 is 0.417 bits per heavy atom. The minimum atomic E-state index is -0.897. The number of hydrogen-bond donors (Lipinski definition) is 0. The highest BCUT2D eigenvalue weighted by atomic mass is 16.1. The molecule has 6 aromatic rings. The van der Waals surface area contributed by atoms with E-state index in [4.69, 9.17) is 0 Å². The lowest BCUT2D eigenvalue weighted by atomic mass is 9.51. The van der Waals surface area contributed by atoms with Crippen molar-refractivity contribution >= 4 is 33.9 Å². The van der Waals surface area contributed by atoms with Crippen molar-refractivity contribution in [3.63, 3.8) is 0 Å². The van der Waals surface area contributed by atoms with Crippen molar-refractivity contribution in [2.75, 3.05) is 0 Å². The average Bonchev–Trinajstić information content (AvgIpc) is 3.62. The molecule has 3 aliphatic rings. The van der Waals surface area contributed by atoms with E-state index in [0.29, 0.717) is 5.57 Å². The molecule has 6 aromatic carbocycles. The number of fused-ring (bicyclic) bond motifs is 6. The third kappa shape index (κ3) is 3.93. The van der Waals surface area contributed by atoms with E-state index in [1.165, 1.54) is 0 Å². The lowest BCUT2D eigenvalue weighted by molar-refractivity contribution is -0.127. The first-order chi connectivity index (χ1) is 23.7. The summed E-state index contributed by atoms with van der Waals surface area (Å²) in [6.07, 6.45) is 0. The minimum Gasteiger partial charge on any atom is -0.294 e. The maximum Gasteiger partial charge on any atom is 0.169 e. The molecule has 228 valence electrons. The standard InChI is InChI=1S/C46H32O2/c47-44-38(31-20-8-2-9-21-31)37(30-18-6-1-7-19-30)40-35-28-16-17-29-36(35)46(34-26-14-5-15-27-34)42(33-24-12-4-13-25-33)39(32-22-10-3-11-23-32)45(48)43(46)41(40)44/h1-29,40-41,43H/t40-,41-,43+,46-/m1/s1. The number of hydrogen-bond acceptors (Lipinski definition) is 2. The van der Waals surface area contributed by atoms with Gasteiger partial charge < -0.3 is 0 Å². The van der Waals surface area contributed by atoms with Gasteiger partial charge in [0, 0.05) is 23.0 Å². The van der Waals surface area contributed by atoms with Gasteiger partial charge in [-0.25, -0.2) is 0 Å². The van der Waals surface area contributed by atoms with Gasteiger partial charge in [0.1, 0.15) is 0 Å². The fraction of sp³-hybridized carbons (Fsp3) is 0.0870. The SMILES string of the molecule is O=C1C(c2ccccc2)=C(c2ccccc2)[C@H]2c3ccccc3[C@]3(c4ccccc4)C(c4ccccc4)=C(c4ccccc4)C(=O)[C@@H]3[C@H]12. The smallest absolute Gasteiger partial charge is 0.169 e. The second-order valence-electron chi connectivity index (χ2n) is 13.0. The van der Waals surface area contributed by atoms with Gasteiger partial charge in [0.25, 0.3) is 0 Å². The minimum absolute atomic E-state index is 0.0310. The molecule has 0 fully saturated rings. The van der Waals surface area contributed by atoms with E-state index >= 15 is 9.59 Å². The van der Waals surface area contributed by atoms with Gasteiger partial charge in [-0.15, -0.1) is 0 Å². The van der Waals surface area contributed by atoms with Crippen LogP contribution in [0.25, 0.3) is 22.3 Å². The van der Waals surface area contributed by atoms with Crippen LogP contribution in [-0.2, 0) is 15.0 Å². The zero-order chi connectivity index (χ0) is 32.2. The molecule has 0 amide bonds. The van der Waals surface area contributed by atoms with Crippen LogP contribution in [0.4, 0.5) is 0 Å². The van der Waals surface area contributed by atoms with Crippen LogP contribution in [0.2, 0.25) is 0 Å². The number of carbonyl (C=O) groups excluding carboxylic acids is 2. The number of allylic oxidation sites excluding steroid dienone is 4. The topological polar surface area (TPSA) is 34.1 Å². The first-order valence-electron chi connectivity index (χ1n) is 16.6. The van der Waals surface area contributed by atoms with E-state index < -0.39 is 17.3 Å². The molecule has 3 aliphatic carbocycles. The van der Waals surface area contributed by atoms with Gasteiger partial charge in [0.05, 0.1) is 11.3 Å². The zero-order valence-corrected chi connectivity index (χ0v) is 26.3. The molecule has 0 radical (unpaired) electrons. The second-order valence-corrected chi connectivity index (χ2v) is 13.0. The highest BCUT2D eigenvalue weighted by molar-refractivity contribution is 6.40. The Bertz CT molecular complexity index is 2250. The molecular weight excluding hydrogens is 585 g/mol. The molecule has 2 heteroatoms. The van der Waals surface area contributed by atoms with Crippen LogP contribution in [0.3, 0.4) is 0 Å². The number of ketones is 2. The molecule has 0 N–H and O–H groups in total. The molecule has 0 bridgehead atoms. The Hall–Kier alpha value is -5.86. The van der Waals surface area contributed by atoms with Crippen molar-refractivity contribution in [1.82, 2.24) is 0 Å². The Morgan fingerprint density at radius 3 is 1.46 bits per heavy atom. The van der Waals surface area contributed by atoms with Crippen LogP contribution in [0, 0.1) is 11.8 Å². The molecule has 0 heterocycles. The Balaban J connectivity index is 1.43. The molecule has 2 nitrogen and oxygen atoms in total. The largest absolute Gasteiger partial charge is 0.294 e. The lowest BCUT2D eigenvalue weighted by Gasteiger charge is -2.48. The van der Waals surface area contributed by atoms with Crippen LogP contribution < -0.4 is 0 Å². The summed E-state index contributed by atoms with van der Waals surface area (Å²) >= 11 is 0. The van der Waals surface area contributed by atoms with Crippen LogP contribution >= 0.6 is 0 Å². The van der Waals surface area contributed by atoms with Crippen molar-refractivity contribution < 1.29 is 9.59 Å². The molecule has 9 rings (SSSR count). The first kappa shape index (κ1) is 28.4. The summed E-state index contributed by atoms with van der Waals surface area (Å²) in [6.45, 7) is 0. The second kappa shape index (κ2) is 11.1. The molecule has 0 saturated carbocycles. The third-order valence-corrected chi connectivity index (χ3v) is 10.7. The molecular formula is C46H32O2. The molecule has 0 saturated heterocycles. The molecule has 48 heavy (non-hydrogen) atoms. The fourth-order valence-electron chi connectivity index (χ4n) is 9.06. The van der Waals surface area contributed by atoms with Gasteiger partial charge in [-0.1, -0.05) is 176 Å². The molecule has 0 aliphatic heterocycles. The predicted octanol–water partition coefficient (Wildman–Crippen LogP) is 9.69. The maximum absolute atomic E-state index is 15.7. The number of benzene rings is 6. The maximum atomic E-state index is 15.7. The van der Waals surface area contributed by atoms with Crippen LogP contribution in [-0.4, -0.2) is 11.6 Å². The zero-order valence-electron chi connectivity index (χ0n) is 26.3. The molecule has 4 atom stereocenters. The number of carbonyl (C=O) groups is 2. The van der Waals surface area contributed by atoms with Crippen LogP contribution in [0.1, 0.15) is 44.9 Å². The Morgan fingerprint density at radius 2 is 0.875 bits per heavy atom. The van der Waals surface area contributed by atoms with Crippen molar-refractivity contribution in [3.05, 3.63) is 215 Å². The Kier molecular flexibility index (Phi) is 6.58. The summed E-state index contributed by atoms with van der Waals surface area (Å²) in [6, 6.07) is 59.8. The van der Waals surface area contributed by atoms with Gasteiger partial charge in [-0.05, 0) is 50.1 Å². The number of Topliss-reactive ketones (excluding diaryl/α,β-unsaturated/α-hetero) is 2. The van der Waals surface area contributed by atoms with Gasteiger partial charge in [0.15, 0.2) is 11.6 Å². The molecule has 0 aromatic heterocycles. The first-order valence-corrected chi connectivity index (χ1v) is 16.6. The monoisotopic (exact) mass is 616 g/mol. The van der Waals surface area contributed by atoms with E-state index in [0.717, 1.165) is 55.7 Å². The highest BCUT2D eigenvalue weighted by Crippen LogP contribution is 2.69. The Labute approximate surface area is 280 Å². The van der Waals surface area contributed by atoms with Gasteiger partial charge in [0.2, 0.25) is 0 Å². The average molecular weight is 617 g/mol. The van der Waals surface area contributed by atoms with E-state index in [2.05, 4.69) is 72.8 Å². The normalized spacial score (nSPS) is 22.8. The van der Waals surface area contributed by atoms with Crippen molar-refractivity contribution in [1.29, 1.82) is 0 Å². The summed E-state index contributed by atoms with van der Waals surface area (Å²) in [7, 11) is 0. The van der Waals surface area contributed by atoms with E-state index in [1.807, 2.05) is 103 Å². The van der Waals surface area contributed by atoms with E-state index in [1.54, 1.807) is 0 Å². The lowest BCUT2D eigenvalue weighted by Crippen LogP contribution is -2.49.